The molecule has 3 atom stereocenters. The summed E-state index contributed by atoms with van der Waals surface area (Å²) >= 11 is 0. The second-order valence-corrected chi connectivity index (χ2v) is 7.13. The van der Waals surface area contributed by atoms with Gasteiger partial charge in [-0.2, -0.15) is 5.26 Å². The Balaban J connectivity index is 2.49. The van der Waals surface area contributed by atoms with Gasteiger partial charge in [0.25, 0.3) is 0 Å². The van der Waals surface area contributed by atoms with Crippen molar-refractivity contribution in [1.29, 1.82) is 5.26 Å². The maximum absolute atomic E-state index is 13.2. The Morgan fingerprint density at radius 3 is 2.68 bits per heavy atom. The predicted octanol–water partition coefficient (Wildman–Crippen LogP) is 1.23. The van der Waals surface area contributed by atoms with E-state index in [1.807, 2.05) is 6.07 Å². The maximum atomic E-state index is 13.2. The van der Waals surface area contributed by atoms with Crippen LogP contribution in [0.3, 0.4) is 0 Å². The van der Waals surface area contributed by atoms with Crippen molar-refractivity contribution < 1.29 is 17.9 Å². The molecule has 102 valence electrons. The summed E-state index contributed by atoms with van der Waals surface area (Å²) in [5.41, 5.74) is -0.902. The largest absolute Gasteiger partial charge is 0.395 e. The molecule has 2 rings (SSSR count). The van der Waals surface area contributed by atoms with Crippen LogP contribution in [0.4, 0.5) is 4.39 Å². The van der Waals surface area contributed by atoms with Gasteiger partial charge < -0.3 is 5.11 Å². The zero-order chi connectivity index (χ0) is 14.3. The summed E-state index contributed by atoms with van der Waals surface area (Å²) in [6.45, 7) is 0.949. The summed E-state index contributed by atoms with van der Waals surface area (Å²) in [6.07, 6.45) is 0. The molecule has 6 heteroatoms. The van der Waals surface area contributed by atoms with Crippen molar-refractivity contribution in [1.82, 2.24) is 0 Å². The van der Waals surface area contributed by atoms with E-state index in [0.29, 0.717) is 5.56 Å². The van der Waals surface area contributed by atoms with Crippen LogP contribution in [0.2, 0.25) is 0 Å². The number of benzene rings is 1. The van der Waals surface area contributed by atoms with Gasteiger partial charge in [-0.25, -0.2) is 12.8 Å². The first-order valence-corrected chi connectivity index (χ1v) is 7.63. The van der Waals surface area contributed by atoms with E-state index in [0.717, 1.165) is 0 Å². The monoisotopic (exact) mass is 283 g/mol. The molecule has 0 amide bonds. The van der Waals surface area contributed by atoms with Crippen molar-refractivity contribution in [3.63, 3.8) is 0 Å². The number of nitriles is 1. The highest BCUT2D eigenvalue weighted by Gasteiger charge is 2.71. The fourth-order valence-electron chi connectivity index (χ4n) is 2.64. The molecule has 0 aromatic heterocycles. The second kappa shape index (κ2) is 4.58. The van der Waals surface area contributed by atoms with Gasteiger partial charge in [-0.3, -0.25) is 0 Å². The first kappa shape index (κ1) is 14.0. The van der Waals surface area contributed by atoms with Crippen LogP contribution in [0.1, 0.15) is 18.4 Å². The molecule has 1 aromatic rings. The number of hydrogen-bond acceptors (Lipinski definition) is 4. The van der Waals surface area contributed by atoms with Crippen molar-refractivity contribution in [2.24, 2.45) is 5.41 Å². The number of rotatable bonds is 4. The fourth-order valence-corrected chi connectivity index (χ4v) is 4.65. The van der Waals surface area contributed by atoms with Gasteiger partial charge >= 0.3 is 0 Å². The molecule has 1 aliphatic carbocycles. The number of hydrogen-bond donors (Lipinski definition) is 1. The van der Waals surface area contributed by atoms with E-state index in [4.69, 9.17) is 0 Å². The predicted molar refractivity (Wildman–Crippen MR) is 67.5 cm³/mol. The van der Waals surface area contributed by atoms with Crippen LogP contribution in [-0.4, -0.2) is 31.1 Å². The van der Waals surface area contributed by atoms with Crippen molar-refractivity contribution >= 4 is 9.84 Å². The minimum Gasteiger partial charge on any atom is -0.395 e. The number of sulfone groups is 1. The van der Waals surface area contributed by atoms with E-state index in [-0.39, 0.29) is 5.75 Å². The third-order valence-electron chi connectivity index (χ3n) is 3.72. The summed E-state index contributed by atoms with van der Waals surface area (Å²) < 4.78 is 37.2. The SMILES string of the molecule is CCS(=O)(=O)[C@H]1[C@@H](c2cccc(F)c2)[C@@]1(C#N)CO. The molecule has 0 radical (unpaired) electrons. The van der Waals surface area contributed by atoms with Crippen molar-refractivity contribution in [3.05, 3.63) is 35.6 Å². The maximum Gasteiger partial charge on any atom is 0.155 e. The zero-order valence-electron chi connectivity index (χ0n) is 10.4. The van der Waals surface area contributed by atoms with Gasteiger partial charge in [0, 0.05) is 11.7 Å². The van der Waals surface area contributed by atoms with Gasteiger partial charge in [0.05, 0.1) is 17.9 Å². The number of nitrogens with zero attached hydrogens (tertiary/aromatic N) is 1. The number of aliphatic hydroxyl groups is 1. The van der Waals surface area contributed by atoms with Crippen LogP contribution < -0.4 is 0 Å². The molecule has 0 spiro atoms. The second-order valence-electron chi connectivity index (χ2n) is 4.72. The van der Waals surface area contributed by atoms with Crippen LogP contribution in [0.25, 0.3) is 0 Å². The first-order chi connectivity index (χ1) is 8.93. The smallest absolute Gasteiger partial charge is 0.155 e. The molecule has 1 fully saturated rings. The van der Waals surface area contributed by atoms with Crippen molar-refractivity contribution in [2.75, 3.05) is 12.4 Å². The zero-order valence-corrected chi connectivity index (χ0v) is 11.2. The Morgan fingerprint density at radius 1 is 1.53 bits per heavy atom. The van der Waals surface area contributed by atoms with E-state index in [9.17, 15) is 23.2 Å². The average Bonchev–Trinajstić information content (AvgIpc) is 3.09. The molecule has 1 N–H and O–H groups in total. The fraction of sp³-hybridized carbons (Fsp3) is 0.462. The highest BCUT2D eigenvalue weighted by Crippen LogP contribution is 2.62. The first-order valence-electron chi connectivity index (χ1n) is 5.92. The molecular weight excluding hydrogens is 269 g/mol. The summed E-state index contributed by atoms with van der Waals surface area (Å²) in [4.78, 5) is 0. The minimum absolute atomic E-state index is 0.104. The highest BCUT2D eigenvalue weighted by molar-refractivity contribution is 7.92. The Morgan fingerprint density at radius 2 is 2.21 bits per heavy atom. The summed E-state index contributed by atoms with van der Waals surface area (Å²) in [6, 6.07) is 7.44. The molecule has 0 unspecified atom stereocenters. The van der Waals surface area contributed by atoms with Crippen LogP contribution in [-0.2, 0) is 9.84 Å². The molecule has 0 aliphatic heterocycles. The normalized spacial score (nSPS) is 29.8. The van der Waals surface area contributed by atoms with Crippen LogP contribution in [0, 0.1) is 22.6 Å². The molecule has 0 bridgehead atoms. The van der Waals surface area contributed by atoms with Crippen LogP contribution in [0.15, 0.2) is 24.3 Å². The number of halogens is 1. The Labute approximate surface area is 111 Å². The lowest BCUT2D eigenvalue weighted by Gasteiger charge is -2.03. The third-order valence-corrected chi connectivity index (χ3v) is 5.99. The van der Waals surface area contributed by atoms with E-state index in [1.165, 1.54) is 25.1 Å². The standard InChI is InChI=1S/C13H14FNO3S/c1-2-19(17,18)12-11(13(12,7-15)8-16)9-4-3-5-10(14)6-9/h3-6,11-12,16H,2,8H2,1H3/t11-,12+,13-/m1/s1. The van der Waals surface area contributed by atoms with Gasteiger partial charge in [0.1, 0.15) is 11.2 Å². The third kappa shape index (κ3) is 2.03. The van der Waals surface area contributed by atoms with Gasteiger partial charge in [-0.1, -0.05) is 19.1 Å². The van der Waals surface area contributed by atoms with Crippen LogP contribution >= 0.6 is 0 Å². The lowest BCUT2D eigenvalue weighted by Crippen LogP contribution is -2.19. The van der Waals surface area contributed by atoms with E-state index < -0.39 is 38.8 Å². The Bertz CT molecular complexity index is 638. The average molecular weight is 283 g/mol. The van der Waals surface area contributed by atoms with E-state index >= 15 is 0 Å². The number of aliphatic hydroxyl groups excluding tert-OH is 1. The van der Waals surface area contributed by atoms with Crippen molar-refractivity contribution in [3.8, 4) is 6.07 Å². The van der Waals surface area contributed by atoms with Gasteiger partial charge in [0.15, 0.2) is 9.84 Å². The van der Waals surface area contributed by atoms with Crippen LogP contribution in [0.5, 0.6) is 0 Å². The van der Waals surface area contributed by atoms with E-state index in [1.54, 1.807) is 6.07 Å². The van der Waals surface area contributed by atoms with Gasteiger partial charge in [0.2, 0.25) is 0 Å². The molecular formula is C13H14FNO3S. The molecule has 1 aromatic carbocycles. The molecule has 0 saturated heterocycles. The summed E-state index contributed by atoms with van der Waals surface area (Å²) in [5, 5.41) is 17.7. The lowest BCUT2D eigenvalue weighted by atomic mass is 10.0. The quantitative estimate of drug-likeness (QED) is 0.901. The van der Waals surface area contributed by atoms with Crippen molar-refractivity contribution in [2.45, 2.75) is 18.1 Å². The highest BCUT2D eigenvalue weighted by atomic mass is 32.2. The minimum atomic E-state index is -3.47. The molecule has 1 saturated carbocycles. The Hall–Kier alpha value is -1.45. The summed E-state index contributed by atoms with van der Waals surface area (Å²) in [7, 11) is -3.47. The molecule has 4 nitrogen and oxygen atoms in total. The summed E-state index contributed by atoms with van der Waals surface area (Å²) in [5.74, 6) is -1.25. The van der Waals surface area contributed by atoms with Gasteiger partial charge in [-0.15, -0.1) is 0 Å². The van der Waals surface area contributed by atoms with E-state index in [2.05, 4.69) is 0 Å². The molecule has 1 aliphatic rings. The molecule has 19 heavy (non-hydrogen) atoms. The molecule has 0 heterocycles. The Kier molecular flexibility index (Phi) is 3.37. The van der Waals surface area contributed by atoms with Gasteiger partial charge in [-0.05, 0) is 17.7 Å². The topological polar surface area (TPSA) is 78.2 Å². The lowest BCUT2D eigenvalue weighted by molar-refractivity contribution is 0.242.